The summed E-state index contributed by atoms with van der Waals surface area (Å²) >= 11 is 0. The second-order valence-electron chi connectivity index (χ2n) is 2.71. The average molecular weight is 166 g/mol. The van der Waals surface area contributed by atoms with Crippen molar-refractivity contribution in [2.24, 2.45) is 0 Å². The van der Waals surface area contributed by atoms with E-state index in [9.17, 15) is 8.78 Å². The van der Waals surface area contributed by atoms with Gasteiger partial charge >= 0.3 is 0 Å². The number of rotatable bonds is 6. The lowest BCUT2D eigenvalue weighted by Crippen LogP contribution is -2.20. The Balaban J connectivity index is 3.28. The number of aliphatic hydroxyl groups excluding tert-OH is 1. The molecule has 0 spiro atoms. The Kier molecular flexibility index (Phi) is 6.42. The highest BCUT2D eigenvalue weighted by atomic mass is 19.2. The Hall–Kier alpha value is -0.180. The molecule has 0 amide bonds. The van der Waals surface area contributed by atoms with Crippen molar-refractivity contribution in [3.05, 3.63) is 0 Å². The maximum atomic E-state index is 12.6. The van der Waals surface area contributed by atoms with E-state index in [1.165, 1.54) is 0 Å². The Morgan fingerprint density at radius 3 is 2.27 bits per heavy atom. The quantitative estimate of drug-likeness (QED) is 0.600. The van der Waals surface area contributed by atoms with Crippen LogP contribution in [0.4, 0.5) is 8.78 Å². The minimum Gasteiger partial charge on any atom is -0.393 e. The SMILES string of the molecule is CCCCC[C@@H](F)[C@H](F)CO. The van der Waals surface area contributed by atoms with E-state index < -0.39 is 19.0 Å². The van der Waals surface area contributed by atoms with Crippen LogP contribution in [-0.2, 0) is 0 Å². The molecule has 0 saturated carbocycles. The minimum atomic E-state index is -1.69. The van der Waals surface area contributed by atoms with Gasteiger partial charge in [0, 0.05) is 0 Å². The van der Waals surface area contributed by atoms with Crippen LogP contribution in [0.25, 0.3) is 0 Å². The first-order valence-corrected chi connectivity index (χ1v) is 4.11. The van der Waals surface area contributed by atoms with E-state index in [1.807, 2.05) is 6.92 Å². The number of halogens is 2. The van der Waals surface area contributed by atoms with Crippen LogP contribution in [0, 0.1) is 0 Å². The van der Waals surface area contributed by atoms with E-state index in [2.05, 4.69) is 0 Å². The van der Waals surface area contributed by atoms with Crippen LogP contribution in [0.15, 0.2) is 0 Å². The highest BCUT2D eigenvalue weighted by molar-refractivity contribution is 4.66. The predicted molar refractivity (Wildman–Crippen MR) is 41.0 cm³/mol. The lowest BCUT2D eigenvalue weighted by Gasteiger charge is -2.09. The van der Waals surface area contributed by atoms with E-state index >= 15 is 0 Å². The highest BCUT2D eigenvalue weighted by Crippen LogP contribution is 2.12. The second-order valence-corrected chi connectivity index (χ2v) is 2.71. The molecule has 0 heterocycles. The first-order chi connectivity index (χ1) is 5.22. The van der Waals surface area contributed by atoms with E-state index in [0.717, 1.165) is 12.8 Å². The molecule has 0 rings (SSSR count). The molecule has 0 aromatic carbocycles. The second kappa shape index (κ2) is 6.53. The largest absolute Gasteiger partial charge is 0.393 e. The lowest BCUT2D eigenvalue weighted by atomic mass is 10.1. The Labute approximate surface area is 66.4 Å². The van der Waals surface area contributed by atoms with Gasteiger partial charge in [0.1, 0.15) is 6.17 Å². The third-order valence-electron chi connectivity index (χ3n) is 1.65. The summed E-state index contributed by atoms with van der Waals surface area (Å²) in [4.78, 5) is 0. The zero-order valence-corrected chi connectivity index (χ0v) is 6.89. The first-order valence-electron chi connectivity index (χ1n) is 4.11. The predicted octanol–water partition coefficient (Wildman–Crippen LogP) is 2.24. The van der Waals surface area contributed by atoms with Crippen molar-refractivity contribution in [1.82, 2.24) is 0 Å². The lowest BCUT2D eigenvalue weighted by molar-refractivity contribution is 0.0913. The van der Waals surface area contributed by atoms with Crippen LogP contribution in [0.2, 0.25) is 0 Å². The number of aliphatic hydroxyl groups is 1. The summed E-state index contributed by atoms with van der Waals surface area (Å²) in [5, 5.41) is 8.25. The van der Waals surface area contributed by atoms with Gasteiger partial charge in [-0.2, -0.15) is 0 Å². The topological polar surface area (TPSA) is 20.2 Å². The fourth-order valence-electron chi connectivity index (χ4n) is 0.885. The zero-order valence-electron chi connectivity index (χ0n) is 6.89. The molecule has 11 heavy (non-hydrogen) atoms. The summed E-state index contributed by atoms with van der Waals surface area (Å²) in [6.07, 6.45) is -0.298. The van der Waals surface area contributed by atoms with Crippen LogP contribution >= 0.6 is 0 Å². The van der Waals surface area contributed by atoms with Gasteiger partial charge in [-0.1, -0.05) is 26.2 Å². The number of hydrogen-bond donors (Lipinski definition) is 1. The fraction of sp³-hybridized carbons (Fsp3) is 1.00. The maximum absolute atomic E-state index is 12.6. The molecule has 0 unspecified atom stereocenters. The molecule has 0 aromatic rings. The Bertz CT molecular complexity index is 88.2. The molecular formula is C8H16F2O. The standard InChI is InChI=1S/C8H16F2O/c1-2-3-4-5-7(9)8(10)6-11/h7-8,11H,2-6H2,1H3/t7-,8-/m1/s1. The zero-order chi connectivity index (χ0) is 8.69. The van der Waals surface area contributed by atoms with E-state index in [4.69, 9.17) is 5.11 Å². The molecule has 1 nitrogen and oxygen atoms in total. The van der Waals surface area contributed by atoms with Crippen LogP contribution in [0.5, 0.6) is 0 Å². The molecule has 2 atom stereocenters. The normalized spacial score (nSPS) is 16.4. The van der Waals surface area contributed by atoms with Gasteiger partial charge in [-0.25, -0.2) is 8.78 Å². The van der Waals surface area contributed by atoms with Crippen molar-refractivity contribution in [3.63, 3.8) is 0 Å². The molecular weight excluding hydrogens is 150 g/mol. The summed E-state index contributed by atoms with van der Waals surface area (Å²) in [5.41, 5.74) is 0. The number of alkyl halides is 2. The van der Waals surface area contributed by atoms with Crippen LogP contribution in [0.3, 0.4) is 0 Å². The summed E-state index contributed by atoms with van der Waals surface area (Å²) in [6.45, 7) is 1.31. The summed E-state index contributed by atoms with van der Waals surface area (Å²) in [6, 6.07) is 0. The molecule has 3 heteroatoms. The molecule has 0 aliphatic heterocycles. The van der Waals surface area contributed by atoms with Crippen molar-refractivity contribution in [1.29, 1.82) is 0 Å². The van der Waals surface area contributed by atoms with Crippen LogP contribution in [0.1, 0.15) is 32.6 Å². The summed E-state index contributed by atoms with van der Waals surface area (Å²) < 4.78 is 24.9. The van der Waals surface area contributed by atoms with E-state index in [1.54, 1.807) is 0 Å². The Morgan fingerprint density at radius 2 is 1.82 bits per heavy atom. The molecule has 0 aliphatic carbocycles. The van der Waals surface area contributed by atoms with Gasteiger partial charge in [0.15, 0.2) is 6.17 Å². The molecule has 0 fully saturated rings. The maximum Gasteiger partial charge on any atom is 0.154 e. The van der Waals surface area contributed by atoms with Gasteiger partial charge in [-0.3, -0.25) is 0 Å². The fourth-order valence-corrected chi connectivity index (χ4v) is 0.885. The van der Waals surface area contributed by atoms with Crippen LogP contribution < -0.4 is 0 Å². The minimum absolute atomic E-state index is 0.232. The van der Waals surface area contributed by atoms with Gasteiger partial charge in [-0.15, -0.1) is 0 Å². The van der Waals surface area contributed by atoms with Gasteiger partial charge in [0.05, 0.1) is 6.61 Å². The van der Waals surface area contributed by atoms with Crippen LogP contribution in [-0.4, -0.2) is 24.1 Å². The third kappa shape index (κ3) is 5.13. The van der Waals surface area contributed by atoms with Crippen molar-refractivity contribution in [2.75, 3.05) is 6.61 Å². The molecule has 1 N–H and O–H groups in total. The number of unbranched alkanes of at least 4 members (excludes halogenated alkanes) is 2. The Morgan fingerprint density at radius 1 is 1.18 bits per heavy atom. The molecule has 0 aliphatic rings. The molecule has 0 bridgehead atoms. The van der Waals surface area contributed by atoms with E-state index in [0.29, 0.717) is 6.42 Å². The van der Waals surface area contributed by atoms with Crippen molar-refractivity contribution in [2.45, 2.75) is 45.0 Å². The van der Waals surface area contributed by atoms with E-state index in [-0.39, 0.29) is 6.42 Å². The van der Waals surface area contributed by atoms with Gasteiger partial charge < -0.3 is 5.11 Å². The molecule has 0 aromatic heterocycles. The summed E-state index contributed by atoms with van der Waals surface area (Å²) in [7, 11) is 0. The molecule has 68 valence electrons. The highest BCUT2D eigenvalue weighted by Gasteiger charge is 2.17. The number of hydrogen-bond acceptors (Lipinski definition) is 1. The van der Waals surface area contributed by atoms with Crippen molar-refractivity contribution in [3.8, 4) is 0 Å². The third-order valence-corrected chi connectivity index (χ3v) is 1.65. The van der Waals surface area contributed by atoms with Crippen molar-refractivity contribution < 1.29 is 13.9 Å². The van der Waals surface area contributed by atoms with Gasteiger partial charge in [-0.05, 0) is 6.42 Å². The summed E-state index contributed by atoms with van der Waals surface area (Å²) in [5.74, 6) is 0. The molecule has 0 saturated heterocycles. The first kappa shape index (κ1) is 10.8. The molecule has 0 radical (unpaired) electrons. The smallest absolute Gasteiger partial charge is 0.154 e. The van der Waals surface area contributed by atoms with Gasteiger partial charge in [0.25, 0.3) is 0 Å². The average Bonchev–Trinajstić information content (AvgIpc) is 2.03. The van der Waals surface area contributed by atoms with Gasteiger partial charge in [0.2, 0.25) is 0 Å². The monoisotopic (exact) mass is 166 g/mol. The van der Waals surface area contributed by atoms with Crippen molar-refractivity contribution >= 4 is 0 Å².